The van der Waals surface area contributed by atoms with Gasteiger partial charge in [0, 0.05) is 9.37 Å². The molecule has 0 aliphatic rings. The minimum atomic E-state index is -0.965. The number of thioether (sulfide) groups is 1. The van der Waals surface area contributed by atoms with E-state index in [0.29, 0.717) is 11.5 Å². The van der Waals surface area contributed by atoms with Crippen LogP contribution in [0.1, 0.15) is 16.1 Å². The number of hydrogen-bond donors (Lipinski definition) is 1. The molecule has 0 unspecified atom stereocenters. The molecule has 17 heavy (non-hydrogen) atoms. The first-order chi connectivity index (χ1) is 8.15. The Morgan fingerprint density at radius 3 is 2.88 bits per heavy atom. The van der Waals surface area contributed by atoms with Gasteiger partial charge in [-0.05, 0) is 24.3 Å². The van der Waals surface area contributed by atoms with Crippen LogP contribution in [0.3, 0.4) is 0 Å². The lowest BCUT2D eigenvalue weighted by atomic mass is 10.3. The molecule has 0 aliphatic heterocycles. The molecule has 0 amide bonds. The van der Waals surface area contributed by atoms with Gasteiger partial charge >= 0.3 is 5.97 Å². The van der Waals surface area contributed by atoms with Crippen LogP contribution >= 0.6 is 27.7 Å². The van der Waals surface area contributed by atoms with E-state index in [2.05, 4.69) is 15.9 Å². The highest BCUT2D eigenvalue weighted by Crippen LogP contribution is 2.26. The van der Waals surface area contributed by atoms with Gasteiger partial charge < -0.3 is 9.52 Å². The molecule has 5 heteroatoms. The smallest absolute Gasteiger partial charge is 0.338 e. The number of furan rings is 1. The standard InChI is InChI=1S/C12H9BrO3S/c13-9-2-1-3-11(5-9)17-7-10-4-8(6-16-10)12(14)15/h1-6H,7H2,(H,14,15). The molecule has 0 saturated carbocycles. The van der Waals surface area contributed by atoms with Crippen molar-refractivity contribution in [3.63, 3.8) is 0 Å². The molecule has 1 aromatic carbocycles. The highest BCUT2D eigenvalue weighted by molar-refractivity contribution is 9.10. The van der Waals surface area contributed by atoms with Gasteiger partial charge in [0.25, 0.3) is 0 Å². The molecule has 0 aliphatic carbocycles. The van der Waals surface area contributed by atoms with Gasteiger partial charge in [0.1, 0.15) is 12.0 Å². The molecule has 0 atom stereocenters. The number of benzene rings is 1. The fourth-order valence-corrected chi connectivity index (χ4v) is 2.68. The number of rotatable bonds is 4. The van der Waals surface area contributed by atoms with Gasteiger partial charge in [0.2, 0.25) is 0 Å². The molecular formula is C12H9BrO3S. The predicted octanol–water partition coefficient (Wildman–Crippen LogP) is 4.03. The molecule has 0 fully saturated rings. The van der Waals surface area contributed by atoms with Crippen molar-refractivity contribution in [1.29, 1.82) is 0 Å². The van der Waals surface area contributed by atoms with Crippen LogP contribution in [0.2, 0.25) is 0 Å². The second kappa shape index (κ2) is 5.42. The molecule has 0 radical (unpaired) electrons. The third kappa shape index (κ3) is 3.38. The number of hydrogen-bond acceptors (Lipinski definition) is 3. The van der Waals surface area contributed by atoms with E-state index >= 15 is 0 Å². The Kier molecular flexibility index (Phi) is 3.91. The van der Waals surface area contributed by atoms with Crippen LogP contribution in [0.25, 0.3) is 0 Å². The van der Waals surface area contributed by atoms with Crippen molar-refractivity contribution in [2.24, 2.45) is 0 Å². The molecule has 2 rings (SSSR count). The summed E-state index contributed by atoms with van der Waals surface area (Å²) in [5.74, 6) is 0.309. The molecule has 1 N–H and O–H groups in total. The van der Waals surface area contributed by atoms with E-state index in [4.69, 9.17) is 9.52 Å². The summed E-state index contributed by atoms with van der Waals surface area (Å²) >= 11 is 4.99. The maximum absolute atomic E-state index is 10.7. The number of carboxylic acid groups (broad SMARTS) is 1. The van der Waals surface area contributed by atoms with Crippen LogP contribution in [-0.4, -0.2) is 11.1 Å². The monoisotopic (exact) mass is 312 g/mol. The van der Waals surface area contributed by atoms with Crippen molar-refractivity contribution in [2.45, 2.75) is 10.6 Å². The summed E-state index contributed by atoms with van der Waals surface area (Å²) in [7, 11) is 0. The molecule has 1 heterocycles. The van der Waals surface area contributed by atoms with Gasteiger partial charge in [-0.25, -0.2) is 4.79 Å². The van der Waals surface area contributed by atoms with Crippen LogP contribution in [0.5, 0.6) is 0 Å². The van der Waals surface area contributed by atoms with Crippen molar-refractivity contribution in [2.75, 3.05) is 0 Å². The lowest BCUT2D eigenvalue weighted by Gasteiger charge is -1.99. The largest absolute Gasteiger partial charge is 0.478 e. The first-order valence-corrected chi connectivity index (χ1v) is 6.62. The maximum atomic E-state index is 10.7. The summed E-state index contributed by atoms with van der Waals surface area (Å²) in [5, 5.41) is 8.75. The maximum Gasteiger partial charge on any atom is 0.338 e. The fourth-order valence-electron chi connectivity index (χ4n) is 1.28. The van der Waals surface area contributed by atoms with Crippen LogP contribution in [0.15, 0.2) is 50.4 Å². The van der Waals surface area contributed by atoms with E-state index in [1.165, 1.54) is 6.26 Å². The van der Waals surface area contributed by atoms with Crippen molar-refractivity contribution in [3.05, 3.63) is 52.4 Å². The Bertz CT molecular complexity index is 536. The normalized spacial score (nSPS) is 10.4. The highest BCUT2D eigenvalue weighted by Gasteiger charge is 2.08. The summed E-state index contributed by atoms with van der Waals surface area (Å²) in [4.78, 5) is 11.8. The van der Waals surface area contributed by atoms with E-state index in [9.17, 15) is 4.79 Å². The zero-order valence-electron chi connectivity index (χ0n) is 8.72. The van der Waals surface area contributed by atoms with Gasteiger partial charge in [-0.1, -0.05) is 22.0 Å². The lowest BCUT2D eigenvalue weighted by molar-refractivity contribution is 0.0696. The van der Waals surface area contributed by atoms with E-state index in [-0.39, 0.29) is 5.56 Å². The fraction of sp³-hybridized carbons (Fsp3) is 0.0833. The van der Waals surface area contributed by atoms with Crippen LogP contribution in [0, 0.1) is 0 Å². The Labute approximate surface area is 111 Å². The Hall–Kier alpha value is -1.20. The summed E-state index contributed by atoms with van der Waals surface area (Å²) in [6.07, 6.45) is 1.26. The molecule has 1 aromatic heterocycles. The molecule has 88 valence electrons. The second-order valence-corrected chi connectivity index (χ2v) is 5.32. The van der Waals surface area contributed by atoms with Crippen LogP contribution in [-0.2, 0) is 5.75 Å². The van der Waals surface area contributed by atoms with E-state index < -0.39 is 5.97 Å². The van der Waals surface area contributed by atoms with Crippen molar-refractivity contribution in [3.8, 4) is 0 Å². The minimum Gasteiger partial charge on any atom is -0.478 e. The van der Waals surface area contributed by atoms with Crippen LogP contribution in [0.4, 0.5) is 0 Å². The minimum absolute atomic E-state index is 0.190. The third-order valence-corrected chi connectivity index (χ3v) is 3.59. The van der Waals surface area contributed by atoms with E-state index in [0.717, 1.165) is 9.37 Å². The average Bonchev–Trinajstić information content (AvgIpc) is 2.75. The summed E-state index contributed by atoms with van der Waals surface area (Å²) < 4.78 is 6.19. The number of carboxylic acids is 1. The SMILES string of the molecule is O=C(O)c1coc(CSc2cccc(Br)c2)c1. The van der Waals surface area contributed by atoms with E-state index in [1.54, 1.807) is 17.8 Å². The Morgan fingerprint density at radius 2 is 2.24 bits per heavy atom. The summed E-state index contributed by atoms with van der Waals surface area (Å²) in [6, 6.07) is 9.46. The Balaban J connectivity index is 2.00. The predicted molar refractivity (Wildman–Crippen MR) is 69.4 cm³/mol. The molecule has 0 saturated heterocycles. The second-order valence-electron chi connectivity index (χ2n) is 3.35. The molecule has 2 aromatic rings. The van der Waals surface area contributed by atoms with Gasteiger partial charge in [-0.3, -0.25) is 0 Å². The summed E-state index contributed by atoms with van der Waals surface area (Å²) in [5.41, 5.74) is 0.190. The molecular weight excluding hydrogens is 304 g/mol. The van der Waals surface area contributed by atoms with Crippen molar-refractivity contribution in [1.82, 2.24) is 0 Å². The number of aromatic carboxylic acids is 1. The quantitative estimate of drug-likeness (QED) is 0.866. The highest BCUT2D eigenvalue weighted by atomic mass is 79.9. The lowest BCUT2D eigenvalue weighted by Crippen LogP contribution is -1.91. The first kappa shape index (κ1) is 12.3. The molecule has 0 spiro atoms. The van der Waals surface area contributed by atoms with Crippen LogP contribution < -0.4 is 0 Å². The van der Waals surface area contributed by atoms with Gasteiger partial charge in [-0.15, -0.1) is 11.8 Å². The van der Waals surface area contributed by atoms with Gasteiger partial charge in [0.05, 0.1) is 11.3 Å². The van der Waals surface area contributed by atoms with E-state index in [1.807, 2.05) is 24.3 Å². The molecule has 0 bridgehead atoms. The van der Waals surface area contributed by atoms with Gasteiger partial charge in [0.15, 0.2) is 0 Å². The molecule has 3 nitrogen and oxygen atoms in total. The average molecular weight is 313 g/mol. The topological polar surface area (TPSA) is 50.4 Å². The number of carbonyl (C=O) groups is 1. The van der Waals surface area contributed by atoms with Gasteiger partial charge in [-0.2, -0.15) is 0 Å². The Morgan fingerprint density at radius 1 is 1.41 bits per heavy atom. The third-order valence-electron chi connectivity index (χ3n) is 2.08. The zero-order valence-corrected chi connectivity index (χ0v) is 11.1. The zero-order chi connectivity index (χ0) is 12.3. The number of halogens is 1. The van der Waals surface area contributed by atoms with Crippen molar-refractivity contribution < 1.29 is 14.3 Å². The van der Waals surface area contributed by atoms with Crippen molar-refractivity contribution >= 4 is 33.7 Å². The summed E-state index contributed by atoms with van der Waals surface area (Å²) in [6.45, 7) is 0. The first-order valence-electron chi connectivity index (χ1n) is 4.84.